The van der Waals surface area contributed by atoms with Gasteiger partial charge in [0.2, 0.25) is 0 Å². The zero-order chi connectivity index (χ0) is 12.5. The minimum atomic E-state index is -0.642. The smallest absolute Gasteiger partial charge is 0.195 e. The van der Waals surface area contributed by atoms with E-state index < -0.39 is 5.60 Å². The summed E-state index contributed by atoms with van der Waals surface area (Å²) >= 11 is 0. The van der Waals surface area contributed by atoms with Crippen molar-refractivity contribution in [2.45, 2.75) is 44.2 Å². The van der Waals surface area contributed by atoms with E-state index in [2.05, 4.69) is 11.9 Å². The molecular formula is C13H22N2O2. The van der Waals surface area contributed by atoms with Crippen LogP contribution in [0.3, 0.4) is 0 Å². The van der Waals surface area contributed by atoms with Crippen molar-refractivity contribution < 1.29 is 9.52 Å². The number of rotatable bonds is 3. The zero-order valence-electron chi connectivity index (χ0n) is 10.6. The van der Waals surface area contributed by atoms with Gasteiger partial charge in [0.15, 0.2) is 5.88 Å². The summed E-state index contributed by atoms with van der Waals surface area (Å²) in [5, 5.41) is 10.1. The first-order valence-corrected chi connectivity index (χ1v) is 6.26. The first-order valence-electron chi connectivity index (χ1n) is 6.26. The molecule has 0 spiro atoms. The van der Waals surface area contributed by atoms with Crippen LogP contribution < -0.4 is 10.6 Å². The summed E-state index contributed by atoms with van der Waals surface area (Å²) in [5.74, 6) is 1.84. The van der Waals surface area contributed by atoms with Crippen molar-refractivity contribution in [1.82, 2.24) is 0 Å². The lowest BCUT2D eigenvalue weighted by atomic mass is 9.82. The average Bonchev–Trinajstić information content (AvgIpc) is 2.76. The molecule has 0 aromatic carbocycles. The molecule has 0 atom stereocenters. The van der Waals surface area contributed by atoms with Gasteiger partial charge in [-0.25, -0.2) is 0 Å². The third kappa shape index (κ3) is 2.64. The fourth-order valence-electron chi connectivity index (χ4n) is 2.52. The van der Waals surface area contributed by atoms with Gasteiger partial charge in [-0.1, -0.05) is 0 Å². The zero-order valence-corrected chi connectivity index (χ0v) is 10.6. The highest BCUT2D eigenvalue weighted by Crippen LogP contribution is 2.32. The van der Waals surface area contributed by atoms with Crippen LogP contribution in [-0.2, 0) is 0 Å². The molecule has 1 aromatic heterocycles. The van der Waals surface area contributed by atoms with Crippen molar-refractivity contribution in [2.75, 3.05) is 18.5 Å². The third-order valence-corrected chi connectivity index (χ3v) is 3.89. The van der Waals surface area contributed by atoms with Crippen LogP contribution in [0.25, 0.3) is 0 Å². The van der Waals surface area contributed by atoms with Gasteiger partial charge < -0.3 is 20.2 Å². The van der Waals surface area contributed by atoms with Gasteiger partial charge in [0.05, 0.1) is 5.60 Å². The van der Waals surface area contributed by atoms with Crippen molar-refractivity contribution in [3.05, 3.63) is 17.9 Å². The molecule has 0 amide bonds. The van der Waals surface area contributed by atoms with E-state index in [4.69, 9.17) is 10.2 Å². The highest BCUT2D eigenvalue weighted by Gasteiger charge is 2.33. The Morgan fingerprint density at radius 1 is 1.47 bits per heavy atom. The molecule has 0 saturated heterocycles. The van der Waals surface area contributed by atoms with Crippen LogP contribution in [0.1, 0.15) is 31.4 Å². The lowest BCUT2D eigenvalue weighted by Crippen LogP contribution is -2.46. The predicted molar refractivity (Wildman–Crippen MR) is 68.1 cm³/mol. The van der Waals surface area contributed by atoms with Gasteiger partial charge in [-0.05, 0) is 38.7 Å². The summed E-state index contributed by atoms with van der Waals surface area (Å²) in [4.78, 5) is 2.17. The van der Waals surface area contributed by atoms with Crippen molar-refractivity contribution in [1.29, 1.82) is 0 Å². The number of furan rings is 1. The van der Waals surface area contributed by atoms with Crippen LogP contribution >= 0.6 is 0 Å². The van der Waals surface area contributed by atoms with Crippen LogP contribution in [0.15, 0.2) is 16.5 Å². The molecule has 1 heterocycles. The summed E-state index contributed by atoms with van der Waals surface area (Å²) in [5.41, 5.74) is 4.95. The van der Waals surface area contributed by atoms with Gasteiger partial charge in [0.25, 0.3) is 0 Å². The Morgan fingerprint density at radius 3 is 2.59 bits per heavy atom. The van der Waals surface area contributed by atoms with Gasteiger partial charge >= 0.3 is 0 Å². The Hall–Kier alpha value is -1.00. The molecule has 17 heavy (non-hydrogen) atoms. The lowest BCUT2D eigenvalue weighted by Gasteiger charge is -2.38. The summed E-state index contributed by atoms with van der Waals surface area (Å²) in [6.45, 7) is 2.31. The predicted octanol–water partition coefficient (Wildman–Crippen LogP) is 1.66. The Labute approximate surface area is 102 Å². The van der Waals surface area contributed by atoms with E-state index in [1.54, 1.807) is 0 Å². The van der Waals surface area contributed by atoms with Crippen LogP contribution in [-0.4, -0.2) is 30.3 Å². The molecule has 0 radical (unpaired) electrons. The second kappa shape index (κ2) is 4.70. The summed E-state index contributed by atoms with van der Waals surface area (Å²) < 4.78 is 5.62. The van der Waals surface area contributed by atoms with Crippen molar-refractivity contribution in [2.24, 2.45) is 5.73 Å². The molecule has 1 aliphatic carbocycles. The van der Waals surface area contributed by atoms with E-state index in [1.165, 1.54) is 0 Å². The average molecular weight is 238 g/mol. The van der Waals surface area contributed by atoms with E-state index in [-0.39, 0.29) is 0 Å². The Bertz CT molecular complexity index is 367. The Balaban J connectivity index is 1.97. The van der Waals surface area contributed by atoms with Crippen molar-refractivity contribution >= 4 is 5.88 Å². The molecule has 0 unspecified atom stereocenters. The number of nitrogens with zero attached hydrogens (tertiary/aromatic N) is 1. The molecule has 3 N–H and O–H groups in total. The second-order valence-electron chi connectivity index (χ2n) is 5.15. The van der Waals surface area contributed by atoms with Gasteiger partial charge in [-0.3, -0.25) is 0 Å². The Morgan fingerprint density at radius 2 is 2.12 bits per heavy atom. The van der Waals surface area contributed by atoms with Crippen molar-refractivity contribution in [3.8, 4) is 0 Å². The first kappa shape index (κ1) is 12.5. The van der Waals surface area contributed by atoms with Crippen LogP contribution in [0.5, 0.6) is 0 Å². The first-order chi connectivity index (χ1) is 8.04. The molecule has 1 fully saturated rings. The number of aryl methyl sites for hydroxylation is 1. The van der Waals surface area contributed by atoms with E-state index >= 15 is 0 Å². The van der Waals surface area contributed by atoms with Gasteiger partial charge in [0.1, 0.15) is 5.76 Å². The number of hydrogen-bond acceptors (Lipinski definition) is 4. The molecular weight excluding hydrogens is 216 g/mol. The number of hydrogen-bond donors (Lipinski definition) is 2. The van der Waals surface area contributed by atoms with E-state index in [9.17, 15) is 5.11 Å². The molecule has 1 saturated carbocycles. The largest absolute Gasteiger partial charge is 0.446 e. The molecule has 96 valence electrons. The summed E-state index contributed by atoms with van der Waals surface area (Å²) in [7, 11) is 2.05. The number of aliphatic hydroxyl groups is 1. The maximum atomic E-state index is 10.1. The van der Waals surface area contributed by atoms with E-state index in [0.717, 1.165) is 37.3 Å². The topological polar surface area (TPSA) is 62.6 Å². The quantitative estimate of drug-likeness (QED) is 0.840. The SMILES string of the molecule is Cc1ccc(N(C)C2CCC(O)(CN)CC2)o1. The highest BCUT2D eigenvalue weighted by molar-refractivity contribution is 5.36. The molecule has 4 nitrogen and oxygen atoms in total. The van der Waals surface area contributed by atoms with Crippen molar-refractivity contribution in [3.63, 3.8) is 0 Å². The molecule has 0 aliphatic heterocycles. The van der Waals surface area contributed by atoms with Crippen LogP contribution in [0.2, 0.25) is 0 Å². The fraction of sp³-hybridized carbons (Fsp3) is 0.692. The van der Waals surface area contributed by atoms with Crippen LogP contribution in [0.4, 0.5) is 5.88 Å². The maximum Gasteiger partial charge on any atom is 0.195 e. The molecule has 1 aliphatic rings. The van der Waals surface area contributed by atoms with Gasteiger partial charge in [0, 0.05) is 25.7 Å². The second-order valence-corrected chi connectivity index (χ2v) is 5.15. The summed E-state index contributed by atoms with van der Waals surface area (Å²) in [6, 6.07) is 4.41. The minimum absolute atomic E-state index is 0.364. The Kier molecular flexibility index (Phi) is 3.45. The van der Waals surface area contributed by atoms with E-state index in [1.807, 2.05) is 19.1 Å². The van der Waals surface area contributed by atoms with E-state index in [0.29, 0.717) is 12.6 Å². The lowest BCUT2D eigenvalue weighted by molar-refractivity contribution is 0.00773. The summed E-state index contributed by atoms with van der Waals surface area (Å²) in [6.07, 6.45) is 3.48. The minimum Gasteiger partial charge on any atom is -0.446 e. The molecule has 1 aromatic rings. The number of anilines is 1. The standard InChI is InChI=1S/C13H22N2O2/c1-10-3-4-12(17-10)15(2)11-5-7-13(16,9-14)8-6-11/h3-4,11,16H,5-9,14H2,1-2H3. The molecule has 0 bridgehead atoms. The monoisotopic (exact) mass is 238 g/mol. The van der Waals surface area contributed by atoms with Gasteiger partial charge in [-0.15, -0.1) is 0 Å². The maximum absolute atomic E-state index is 10.1. The molecule has 4 heteroatoms. The van der Waals surface area contributed by atoms with Crippen LogP contribution in [0, 0.1) is 6.92 Å². The highest BCUT2D eigenvalue weighted by atomic mass is 16.4. The van der Waals surface area contributed by atoms with Gasteiger partial charge in [-0.2, -0.15) is 0 Å². The number of nitrogens with two attached hydrogens (primary N) is 1. The fourth-order valence-corrected chi connectivity index (χ4v) is 2.52. The normalized spacial score (nSPS) is 29.3. The third-order valence-electron chi connectivity index (χ3n) is 3.89. The molecule has 2 rings (SSSR count).